The molecular formula is C35H23NS. The lowest BCUT2D eigenvalue weighted by molar-refractivity contribution is 1.20. The van der Waals surface area contributed by atoms with E-state index in [9.17, 15) is 0 Å². The maximum atomic E-state index is 2.44. The molecule has 1 nitrogen and oxygen atoms in total. The van der Waals surface area contributed by atoms with Gasteiger partial charge in [0.1, 0.15) is 0 Å². The van der Waals surface area contributed by atoms with Crippen molar-refractivity contribution in [3.05, 3.63) is 130 Å². The molecule has 5 aromatic carbocycles. The summed E-state index contributed by atoms with van der Waals surface area (Å²) in [5, 5.41) is 7.80. The molecule has 174 valence electrons. The van der Waals surface area contributed by atoms with Crippen molar-refractivity contribution in [2.75, 3.05) is 0 Å². The molecular weight excluding hydrogens is 466 g/mol. The second kappa shape index (κ2) is 7.80. The van der Waals surface area contributed by atoms with Gasteiger partial charge in [0.25, 0.3) is 0 Å². The molecule has 2 heteroatoms. The molecule has 0 N–H and O–H groups in total. The zero-order valence-electron chi connectivity index (χ0n) is 20.4. The summed E-state index contributed by atoms with van der Waals surface area (Å²) in [5.74, 6) is 0. The van der Waals surface area contributed by atoms with Crippen LogP contribution in [0.1, 0.15) is 18.1 Å². The molecule has 0 saturated carbocycles. The Bertz CT molecular complexity index is 2150. The molecule has 2 aromatic heterocycles. The highest BCUT2D eigenvalue weighted by Crippen LogP contribution is 2.38. The number of para-hydroxylation sites is 2. The topological polar surface area (TPSA) is 4.93 Å². The largest absolute Gasteiger partial charge is 0.309 e. The number of nitrogens with zero attached hydrogens (tertiary/aromatic N) is 1. The zero-order valence-corrected chi connectivity index (χ0v) is 21.2. The fourth-order valence-corrected chi connectivity index (χ4v) is 7.13. The summed E-state index contributed by atoms with van der Waals surface area (Å²) in [4.78, 5) is 0. The van der Waals surface area contributed by atoms with E-state index in [2.05, 4.69) is 133 Å². The number of fused-ring (bicyclic) bond motifs is 6. The number of aromatic nitrogens is 1. The van der Waals surface area contributed by atoms with Gasteiger partial charge in [0, 0.05) is 36.0 Å². The molecule has 0 amide bonds. The second-order valence-electron chi connectivity index (χ2n) is 9.81. The summed E-state index contributed by atoms with van der Waals surface area (Å²) in [6.07, 6.45) is 6.99. The summed E-state index contributed by atoms with van der Waals surface area (Å²) < 4.78 is 5.09. The first-order valence-electron chi connectivity index (χ1n) is 12.7. The van der Waals surface area contributed by atoms with Crippen molar-refractivity contribution in [3.63, 3.8) is 0 Å². The van der Waals surface area contributed by atoms with E-state index in [4.69, 9.17) is 0 Å². The Morgan fingerprint density at radius 3 is 2.05 bits per heavy atom. The predicted molar refractivity (Wildman–Crippen MR) is 161 cm³/mol. The van der Waals surface area contributed by atoms with E-state index in [1.54, 1.807) is 0 Å². The molecule has 8 rings (SSSR count). The Morgan fingerprint density at radius 2 is 1.27 bits per heavy atom. The van der Waals surface area contributed by atoms with E-state index in [1.165, 1.54) is 74.8 Å². The van der Waals surface area contributed by atoms with Gasteiger partial charge in [-0.25, -0.2) is 0 Å². The van der Waals surface area contributed by atoms with E-state index in [0.29, 0.717) is 0 Å². The van der Waals surface area contributed by atoms with Gasteiger partial charge in [-0.05, 0) is 65.4 Å². The van der Waals surface area contributed by atoms with Crippen LogP contribution < -0.4 is 9.75 Å². The third-order valence-electron chi connectivity index (χ3n) is 7.74. The van der Waals surface area contributed by atoms with Gasteiger partial charge in [0.15, 0.2) is 0 Å². The highest BCUT2D eigenvalue weighted by atomic mass is 32.1. The summed E-state index contributed by atoms with van der Waals surface area (Å²) in [6.45, 7) is 2.24. The van der Waals surface area contributed by atoms with Crippen LogP contribution in [0.5, 0.6) is 0 Å². The SMILES string of the molecule is C\C1=C/C=c2/sc3ccccc3/c2=C\c2ccc(-n3c4ccccc4c4ccccc43)c3cccc1c23. The van der Waals surface area contributed by atoms with Crippen LogP contribution in [0.3, 0.4) is 0 Å². The second-order valence-corrected chi connectivity index (χ2v) is 10.9. The first kappa shape index (κ1) is 20.8. The predicted octanol–water partition coefficient (Wildman–Crippen LogP) is 8.18. The van der Waals surface area contributed by atoms with E-state index >= 15 is 0 Å². The van der Waals surface area contributed by atoms with Crippen molar-refractivity contribution >= 4 is 71.7 Å². The first-order chi connectivity index (χ1) is 18.3. The lowest BCUT2D eigenvalue weighted by Gasteiger charge is -2.16. The van der Waals surface area contributed by atoms with E-state index in [0.717, 1.165) is 0 Å². The highest BCUT2D eigenvalue weighted by molar-refractivity contribution is 7.17. The number of allylic oxidation sites excluding steroid dienone is 2. The third-order valence-corrected chi connectivity index (χ3v) is 8.89. The average Bonchev–Trinajstić information content (AvgIpc) is 3.48. The molecule has 0 radical (unpaired) electrons. The van der Waals surface area contributed by atoms with Crippen molar-refractivity contribution in [2.45, 2.75) is 6.92 Å². The minimum Gasteiger partial charge on any atom is -0.309 e. The van der Waals surface area contributed by atoms with Crippen LogP contribution >= 0.6 is 11.3 Å². The van der Waals surface area contributed by atoms with E-state index < -0.39 is 0 Å². The molecule has 0 saturated heterocycles. The fourth-order valence-electron chi connectivity index (χ4n) is 6.05. The van der Waals surface area contributed by atoms with Gasteiger partial charge in [0.2, 0.25) is 0 Å². The average molecular weight is 490 g/mol. The van der Waals surface area contributed by atoms with Gasteiger partial charge in [-0.3, -0.25) is 0 Å². The van der Waals surface area contributed by atoms with Crippen molar-refractivity contribution in [2.24, 2.45) is 0 Å². The molecule has 0 spiro atoms. The molecule has 0 atom stereocenters. The van der Waals surface area contributed by atoms with Gasteiger partial charge in [-0.2, -0.15) is 0 Å². The molecule has 1 aliphatic carbocycles. The standard InChI is InChI=1S/C35H23NS/c1-22-17-20-34-29(27-11-4-7-16-33(27)37-34)21-23-18-19-32(28-13-8-12-24(22)35(23)28)36-30-14-5-2-9-25(30)26-10-3-6-15-31(26)36/h2-21H,1H3/b22-17+,29-21+,34-20+. The first-order valence-corrected chi connectivity index (χ1v) is 13.5. The minimum absolute atomic E-state index is 1.22. The van der Waals surface area contributed by atoms with Crippen molar-refractivity contribution < 1.29 is 0 Å². The Labute approximate surface area is 218 Å². The van der Waals surface area contributed by atoms with Crippen LogP contribution in [0.25, 0.3) is 66.1 Å². The molecule has 37 heavy (non-hydrogen) atoms. The van der Waals surface area contributed by atoms with Gasteiger partial charge < -0.3 is 4.57 Å². The zero-order chi connectivity index (χ0) is 24.5. The van der Waals surface area contributed by atoms with Crippen molar-refractivity contribution in [3.8, 4) is 5.69 Å². The van der Waals surface area contributed by atoms with Crippen molar-refractivity contribution in [1.82, 2.24) is 4.57 Å². The van der Waals surface area contributed by atoms with Gasteiger partial charge in [-0.15, -0.1) is 11.3 Å². The monoisotopic (exact) mass is 489 g/mol. The van der Waals surface area contributed by atoms with Crippen LogP contribution in [0.2, 0.25) is 0 Å². The van der Waals surface area contributed by atoms with Gasteiger partial charge >= 0.3 is 0 Å². The summed E-state index contributed by atoms with van der Waals surface area (Å²) in [6, 6.07) is 37.6. The van der Waals surface area contributed by atoms with Gasteiger partial charge in [-0.1, -0.05) is 84.9 Å². The van der Waals surface area contributed by atoms with Gasteiger partial charge in [0.05, 0.1) is 16.7 Å². The summed E-state index contributed by atoms with van der Waals surface area (Å²) in [5.41, 5.74) is 7.54. The lowest BCUT2D eigenvalue weighted by atomic mass is 9.93. The molecule has 0 unspecified atom stereocenters. The highest BCUT2D eigenvalue weighted by Gasteiger charge is 2.17. The van der Waals surface area contributed by atoms with Crippen LogP contribution in [0.4, 0.5) is 0 Å². The van der Waals surface area contributed by atoms with Crippen LogP contribution in [0.15, 0.2) is 109 Å². The normalized spacial score (nSPS) is 16.3. The number of hydrogen-bond acceptors (Lipinski definition) is 1. The number of rotatable bonds is 1. The molecule has 2 heterocycles. The minimum atomic E-state index is 1.22. The summed E-state index contributed by atoms with van der Waals surface area (Å²) >= 11 is 1.87. The maximum Gasteiger partial charge on any atom is 0.0541 e. The summed E-state index contributed by atoms with van der Waals surface area (Å²) in [7, 11) is 0. The number of thiophene rings is 1. The molecule has 1 aliphatic rings. The third kappa shape index (κ3) is 2.97. The van der Waals surface area contributed by atoms with Crippen LogP contribution in [-0.2, 0) is 0 Å². The Balaban J connectivity index is 1.54. The Kier molecular flexibility index (Phi) is 4.37. The molecule has 0 fully saturated rings. The lowest BCUT2D eigenvalue weighted by Crippen LogP contribution is -2.18. The Morgan fingerprint density at radius 1 is 0.595 bits per heavy atom. The Hall–Kier alpha value is -4.40. The fraction of sp³-hybridized carbons (Fsp3) is 0.0286. The number of hydrogen-bond donors (Lipinski definition) is 0. The van der Waals surface area contributed by atoms with E-state index in [1.807, 2.05) is 11.3 Å². The maximum absolute atomic E-state index is 2.44. The number of benzene rings is 5. The molecule has 0 aliphatic heterocycles. The molecule has 7 aromatic rings. The van der Waals surface area contributed by atoms with E-state index in [-0.39, 0.29) is 0 Å². The molecule has 0 bridgehead atoms. The van der Waals surface area contributed by atoms with Crippen LogP contribution in [-0.4, -0.2) is 4.57 Å². The quantitative estimate of drug-likeness (QED) is 0.219. The van der Waals surface area contributed by atoms with Crippen LogP contribution in [0, 0.1) is 0 Å². The smallest absolute Gasteiger partial charge is 0.0541 e. The van der Waals surface area contributed by atoms with Crippen molar-refractivity contribution in [1.29, 1.82) is 0 Å².